The van der Waals surface area contributed by atoms with Gasteiger partial charge in [0.05, 0.1) is 6.61 Å². The van der Waals surface area contributed by atoms with Crippen LogP contribution in [0.1, 0.15) is 38.2 Å². The van der Waals surface area contributed by atoms with Crippen LogP contribution < -0.4 is 4.74 Å². The number of aromatic hydroxyl groups is 1. The first-order valence-electron chi connectivity index (χ1n) is 10.2. The Morgan fingerprint density at radius 3 is 2.17 bits per heavy atom. The summed E-state index contributed by atoms with van der Waals surface area (Å²) in [5.74, 6) is -2.32. The first kappa shape index (κ1) is 23.5. The number of hydrogen-bond donors (Lipinski definition) is 3. The molecule has 0 saturated carbocycles. The number of nitrogens with zero attached hydrogens (tertiary/aromatic N) is 2. The normalized spacial score (nSPS) is 17.2. The Labute approximate surface area is 175 Å². The van der Waals surface area contributed by atoms with Gasteiger partial charge in [0.1, 0.15) is 0 Å². The molecule has 0 unspecified atom stereocenters. The minimum absolute atomic E-state index is 0.183. The number of para-hydroxylation sites is 1. The molecule has 0 aromatic heterocycles. The van der Waals surface area contributed by atoms with Gasteiger partial charge in [-0.3, -0.25) is 9.69 Å². The average molecular weight is 422 g/mol. The number of amides is 1. The number of ether oxygens (including phenoxy) is 1. The molecule has 2 aliphatic heterocycles. The van der Waals surface area contributed by atoms with Gasteiger partial charge in [-0.25, -0.2) is 9.59 Å². The Morgan fingerprint density at radius 1 is 1.03 bits per heavy atom. The van der Waals surface area contributed by atoms with Crippen molar-refractivity contribution in [3.63, 3.8) is 0 Å². The zero-order valence-corrected chi connectivity index (χ0v) is 17.2. The Kier molecular flexibility index (Phi) is 8.91. The predicted octanol–water partition coefficient (Wildman–Crippen LogP) is 1.78. The van der Waals surface area contributed by atoms with Gasteiger partial charge in [-0.1, -0.05) is 12.1 Å². The van der Waals surface area contributed by atoms with Gasteiger partial charge < -0.3 is 25.0 Å². The number of rotatable bonds is 5. The van der Waals surface area contributed by atoms with Crippen molar-refractivity contribution in [2.45, 2.75) is 39.2 Å². The van der Waals surface area contributed by atoms with Crippen LogP contribution in [0.25, 0.3) is 0 Å². The van der Waals surface area contributed by atoms with Gasteiger partial charge in [0.2, 0.25) is 5.91 Å². The van der Waals surface area contributed by atoms with Gasteiger partial charge in [0.25, 0.3) is 0 Å². The van der Waals surface area contributed by atoms with Crippen LogP contribution >= 0.6 is 0 Å². The number of piperidine rings is 1. The van der Waals surface area contributed by atoms with Crippen LogP contribution in [0.4, 0.5) is 0 Å². The fraction of sp³-hybridized carbons (Fsp3) is 0.571. The highest BCUT2D eigenvalue weighted by Crippen LogP contribution is 2.31. The van der Waals surface area contributed by atoms with Crippen LogP contribution in [0.3, 0.4) is 0 Å². The van der Waals surface area contributed by atoms with E-state index in [4.69, 9.17) is 24.5 Å². The van der Waals surface area contributed by atoms with E-state index in [1.165, 1.54) is 0 Å². The molecule has 2 fully saturated rings. The minimum atomic E-state index is -1.82. The smallest absolute Gasteiger partial charge is 0.414 e. The molecule has 166 valence electrons. The number of hydrogen-bond acceptors (Lipinski definition) is 6. The summed E-state index contributed by atoms with van der Waals surface area (Å²) in [4.78, 5) is 35.0. The largest absolute Gasteiger partial charge is 0.504 e. The first-order valence-corrected chi connectivity index (χ1v) is 10.2. The summed E-state index contributed by atoms with van der Waals surface area (Å²) in [5.41, 5.74) is 0.894. The summed E-state index contributed by atoms with van der Waals surface area (Å²) >= 11 is 0. The SMILES string of the molecule is CCOc1cccc(CN2CCC(C(=O)N3CCCC3)CC2)c1O.O=C(O)C(=O)O. The van der Waals surface area contributed by atoms with Crippen molar-refractivity contribution in [3.8, 4) is 11.5 Å². The quantitative estimate of drug-likeness (QED) is 0.613. The molecule has 0 bridgehead atoms. The molecule has 30 heavy (non-hydrogen) atoms. The third-order valence-corrected chi connectivity index (χ3v) is 5.31. The molecular formula is C21H30N2O7. The second kappa shape index (κ2) is 11.4. The van der Waals surface area contributed by atoms with Gasteiger partial charge in [-0.2, -0.15) is 0 Å². The molecule has 2 saturated heterocycles. The van der Waals surface area contributed by atoms with Crippen molar-refractivity contribution < 1.29 is 34.4 Å². The maximum atomic E-state index is 12.5. The molecular weight excluding hydrogens is 392 g/mol. The fourth-order valence-corrected chi connectivity index (χ4v) is 3.74. The van der Waals surface area contributed by atoms with Crippen LogP contribution in [0, 0.1) is 5.92 Å². The lowest BCUT2D eigenvalue weighted by molar-refractivity contribution is -0.159. The second-order valence-corrected chi connectivity index (χ2v) is 7.39. The third kappa shape index (κ3) is 6.62. The van der Waals surface area contributed by atoms with Crippen molar-refractivity contribution in [2.75, 3.05) is 32.8 Å². The highest BCUT2D eigenvalue weighted by atomic mass is 16.5. The van der Waals surface area contributed by atoms with E-state index in [0.29, 0.717) is 24.8 Å². The van der Waals surface area contributed by atoms with E-state index >= 15 is 0 Å². The van der Waals surface area contributed by atoms with Gasteiger partial charge in [-0.15, -0.1) is 0 Å². The highest BCUT2D eigenvalue weighted by molar-refractivity contribution is 6.27. The number of benzene rings is 1. The van der Waals surface area contributed by atoms with Crippen LogP contribution in [0.5, 0.6) is 11.5 Å². The monoisotopic (exact) mass is 422 g/mol. The molecule has 1 aromatic carbocycles. The predicted molar refractivity (Wildman–Crippen MR) is 108 cm³/mol. The first-order chi connectivity index (χ1) is 14.3. The molecule has 2 aliphatic rings. The lowest BCUT2D eigenvalue weighted by atomic mass is 9.95. The number of carbonyl (C=O) groups excluding carboxylic acids is 1. The molecule has 9 heteroatoms. The number of carboxylic acid groups (broad SMARTS) is 2. The number of carbonyl (C=O) groups is 3. The molecule has 3 rings (SSSR count). The Morgan fingerprint density at radius 2 is 1.63 bits per heavy atom. The summed E-state index contributed by atoms with van der Waals surface area (Å²) in [6.45, 7) is 6.85. The maximum Gasteiger partial charge on any atom is 0.414 e. The summed E-state index contributed by atoms with van der Waals surface area (Å²) in [6, 6.07) is 5.66. The molecule has 1 aromatic rings. The Bertz CT molecular complexity index is 727. The lowest BCUT2D eigenvalue weighted by Crippen LogP contribution is -2.41. The van der Waals surface area contributed by atoms with Crippen LogP contribution in [-0.4, -0.2) is 75.8 Å². The Balaban J connectivity index is 0.000000469. The molecule has 1 amide bonds. The third-order valence-electron chi connectivity index (χ3n) is 5.31. The van der Waals surface area contributed by atoms with Crippen molar-refractivity contribution in [1.82, 2.24) is 9.80 Å². The fourth-order valence-electron chi connectivity index (χ4n) is 3.74. The number of phenols is 1. The molecule has 2 heterocycles. The number of phenolic OH excluding ortho intramolecular Hbond substituents is 1. The zero-order valence-electron chi connectivity index (χ0n) is 17.2. The number of likely N-dealkylation sites (tertiary alicyclic amines) is 2. The topological polar surface area (TPSA) is 128 Å². The standard InChI is InChI=1S/C19H28N2O3.C2H2O4/c1-2-24-17-7-5-6-16(18(17)22)14-20-12-8-15(9-13-20)19(23)21-10-3-4-11-21;3-1(4)2(5)6/h5-7,15,22H,2-4,8-14H2,1H3;(H,3,4)(H,5,6). The van der Waals surface area contributed by atoms with Gasteiger partial charge in [0.15, 0.2) is 11.5 Å². The number of aliphatic carboxylic acids is 2. The van der Waals surface area contributed by atoms with E-state index < -0.39 is 11.9 Å². The van der Waals surface area contributed by atoms with E-state index in [1.54, 1.807) is 6.07 Å². The molecule has 0 radical (unpaired) electrons. The summed E-state index contributed by atoms with van der Waals surface area (Å²) in [5, 5.41) is 25.1. The van der Waals surface area contributed by atoms with Crippen molar-refractivity contribution in [2.24, 2.45) is 5.92 Å². The minimum Gasteiger partial charge on any atom is -0.504 e. The van der Waals surface area contributed by atoms with E-state index in [0.717, 1.165) is 57.4 Å². The average Bonchev–Trinajstić information content (AvgIpc) is 3.26. The molecule has 0 spiro atoms. The molecule has 0 atom stereocenters. The van der Waals surface area contributed by atoms with Crippen molar-refractivity contribution in [3.05, 3.63) is 23.8 Å². The summed E-state index contributed by atoms with van der Waals surface area (Å²) in [6.07, 6.45) is 4.14. The van der Waals surface area contributed by atoms with Gasteiger partial charge >= 0.3 is 11.9 Å². The van der Waals surface area contributed by atoms with Crippen LogP contribution in [-0.2, 0) is 20.9 Å². The van der Waals surface area contributed by atoms with Crippen molar-refractivity contribution >= 4 is 17.8 Å². The summed E-state index contributed by atoms with van der Waals surface area (Å²) < 4.78 is 5.45. The van der Waals surface area contributed by atoms with Crippen LogP contribution in [0.2, 0.25) is 0 Å². The Hall–Kier alpha value is -2.81. The van der Waals surface area contributed by atoms with E-state index in [-0.39, 0.29) is 11.7 Å². The van der Waals surface area contributed by atoms with E-state index in [9.17, 15) is 9.90 Å². The lowest BCUT2D eigenvalue weighted by Gasteiger charge is -2.33. The highest BCUT2D eigenvalue weighted by Gasteiger charge is 2.30. The van der Waals surface area contributed by atoms with Crippen molar-refractivity contribution in [1.29, 1.82) is 0 Å². The van der Waals surface area contributed by atoms with Gasteiger partial charge in [-0.05, 0) is 51.8 Å². The number of carboxylic acids is 2. The zero-order chi connectivity index (χ0) is 22.1. The molecule has 3 N–H and O–H groups in total. The van der Waals surface area contributed by atoms with Gasteiger partial charge in [0, 0.05) is 31.1 Å². The second-order valence-electron chi connectivity index (χ2n) is 7.39. The maximum absolute atomic E-state index is 12.5. The van der Waals surface area contributed by atoms with E-state index in [1.807, 2.05) is 24.0 Å². The molecule has 9 nitrogen and oxygen atoms in total. The molecule has 0 aliphatic carbocycles. The summed E-state index contributed by atoms with van der Waals surface area (Å²) in [7, 11) is 0. The van der Waals surface area contributed by atoms with Crippen LogP contribution in [0.15, 0.2) is 18.2 Å². The van der Waals surface area contributed by atoms with E-state index in [2.05, 4.69) is 4.90 Å².